The zero-order chi connectivity index (χ0) is 20.5. The molecule has 0 unspecified atom stereocenters. The largest absolute Gasteiger partial charge is 0.467 e. The summed E-state index contributed by atoms with van der Waals surface area (Å²) in [4.78, 5) is 38.1. The van der Waals surface area contributed by atoms with E-state index in [1.807, 2.05) is 49.3 Å². The maximum atomic E-state index is 12.1. The molecule has 148 valence electrons. The van der Waals surface area contributed by atoms with Crippen molar-refractivity contribution in [2.24, 2.45) is 0 Å². The van der Waals surface area contributed by atoms with Crippen LogP contribution < -0.4 is 10.2 Å². The molecular weight excluding hydrogens is 360 g/mol. The number of anilines is 1. The second kappa shape index (κ2) is 10.1. The highest BCUT2D eigenvalue weighted by Crippen LogP contribution is 2.13. The zero-order valence-corrected chi connectivity index (χ0v) is 16.2. The molecule has 7 nitrogen and oxygen atoms in total. The Balaban J connectivity index is 1.91. The summed E-state index contributed by atoms with van der Waals surface area (Å²) in [5.41, 5.74) is 2.15. The molecule has 1 amide bonds. The third-order valence-electron chi connectivity index (χ3n) is 4.06. The zero-order valence-electron chi connectivity index (χ0n) is 16.2. The lowest BCUT2D eigenvalue weighted by Gasteiger charge is -2.16. The van der Waals surface area contributed by atoms with Crippen molar-refractivity contribution in [2.75, 3.05) is 32.7 Å². The maximum absolute atomic E-state index is 12.1. The Morgan fingerprint density at radius 1 is 1.00 bits per heavy atom. The molecule has 0 heterocycles. The Morgan fingerprint density at radius 3 is 2.21 bits per heavy atom. The van der Waals surface area contributed by atoms with E-state index in [0.29, 0.717) is 5.56 Å². The fourth-order valence-corrected chi connectivity index (χ4v) is 2.53. The quantitative estimate of drug-likeness (QED) is 0.699. The number of hydrogen-bond acceptors (Lipinski definition) is 6. The highest BCUT2D eigenvalue weighted by atomic mass is 16.5. The Labute approximate surface area is 164 Å². The average Bonchev–Trinajstić information content (AvgIpc) is 2.71. The SMILES string of the molecule is COC(=O)[C@@H](Cc1ccccc1)NC(=O)COC(=O)c1ccc(N(C)C)cc1. The second-order valence-corrected chi connectivity index (χ2v) is 6.35. The van der Waals surface area contributed by atoms with E-state index in [-0.39, 0.29) is 6.42 Å². The van der Waals surface area contributed by atoms with Crippen LogP contribution in [0.15, 0.2) is 54.6 Å². The van der Waals surface area contributed by atoms with Gasteiger partial charge in [-0.05, 0) is 29.8 Å². The predicted octanol–water partition coefficient (Wildman–Crippen LogP) is 1.81. The van der Waals surface area contributed by atoms with Gasteiger partial charge in [-0.3, -0.25) is 4.79 Å². The number of rotatable bonds is 8. The number of esters is 2. The molecule has 1 N–H and O–H groups in total. The summed E-state index contributed by atoms with van der Waals surface area (Å²) < 4.78 is 9.78. The van der Waals surface area contributed by atoms with E-state index >= 15 is 0 Å². The van der Waals surface area contributed by atoms with Gasteiger partial charge in [0.1, 0.15) is 6.04 Å². The van der Waals surface area contributed by atoms with Gasteiger partial charge >= 0.3 is 11.9 Å². The topological polar surface area (TPSA) is 84.9 Å². The molecule has 2 aromatic carbocycles. The number of carbonyl (C=O) groups excluding carboxylic acids is 3. The number of nitrogens with zero attached hydrogens (tertiary/aromatic N) is 1. The van der Waals surface area contributed by atoms with Gasteiger partial charge in [-0.2, -0.15) is 0 Å². The van der Waals surface area contributed by atoms with Gasteiger partial charge in [-0.1, -0.05) is 30.3 Å². The Bertz CT molecular complexity index is 803. The molecular formula is C21H24N2O5. The molecule has 0 bridgehead atoms. The van der Waals surface area contributed by atoms with Crippen LogP contribution in [0.3, 0.4) is 0 Å². The molecule has 0 saturated carbocycles. The first-order chi connectivity index (χ1) is 13.4. The minimum Gasteiger partial charge on any atom is -0.467 e. The van der Waals surface area contributed by atoms with Crippen molar-refractivity contribution in [3.63, 3.8) is 0 Å². The first-order valence-electron chi connectivity index (χ1n) is 8.76. The van der Waals surface area contributed by atoms with E-state index < -0.39 is 30.5 Å². The van der Waals surface area contributed by atoms with Crippen LogP contribution in [0.1, 0.15) is 15.9 Å². The minimum absolute atomic E-state index is 0.277. The van der Waals surface area contributed by atoms with Gasteiger partial charge in [0, 0.05) is 26.2 Å². The molecule has 0 saturated heterocycles. The number of amides is 1. The van der Waals surface area contributed by atoms with Crippen LogP contribution in [0.2, 0.25) is 0 Å². The molecule has 2 rings (SSSR count). The van der Waals surface area contributed by atoms with E-state index in [2.05, 4.69) is 5.32 Å². The first-order valence-corrected chi connectivity index (χ1v) is 8.76. The molecule has 0 radical (unpaired) electrons. The first kappa shape index (κ1) is 21.0. The number of benzene rings is 2. The molecule has 2 aromatic rings. The molecule has 28 heavy (non-hydrogen) atoms. The molecule has 1 atom stereocenters. The van der Waals surface area contributed by atoms with Gasteiger partial charge < -0.3 is 19.7 Å². The monoisotopic (exact) mass is 384 g/mol. The second-order valence-electron chi connectivity index (χ2n) is 6.35. The molecule has 0 aliphatic carbocycles. The number of nitrogens with one attached hydrogen (secondary N) is 1. The molecule has 0 aliphatic heterocycles. The van der Waals surface area contributed by atoms with Gasteiger partial charge in [0.05, 0.1) is 12.7 Å². The fourth-order valence-electron chi connectivity index (χ4n) is 2.53. The highest BCUT2D eigenvalue weighted by molar-refractivity contribution is 5.92. The summed E-state index contributed by atoms with van der Waals surface area (Å²) in [6.07, 6.45) is 0.277. The predicted molar refractivity (Wildman–Crippen MR) is 105 cm³/mol. The fraction of sp³-hybridized carbons (Fsp3) is 0.286. The van der Waals surface area contributed by atoms with Gasteiger partial charge in [-0.25, -0.2) is 9.59 Å². The highest BCUT2D eigenvalue weighted by Gasteiger charge is 2.22. The van der Waals surface area contributed by atoms with Crippen molar-refractivity contribution < 1.29 is 23.9 Å². The molecule has 0 spiro atoms. The summed E-state index contributed by atoms with van der Waals surface area (Å²) >= 11 is 0. The van der Waals surface area contributed by atoms with Crippen molar-refractivity contribution in [1.29, 1.82) is 0 Å². The standard InChI is InChI=1S/C21H24N2O5/c1-23(2)17-11-9-16(10-12-17)20(25)28-14-19(24)22-18(21(26)27-3)13-15-7-5-4-6-8-15/h4-12,18H,13-14H2,1-3H3,(H,22,24)/t18-/m1/s1. The summed E-state index contributed by atoms with van der Waals surface area (Å²) in [5.74, 6) is -1.76. The molecule has 0 fully saturated rings. The van der Waals surface area contributed by atoms with Crippen molar-refractivity contribution in [2.45, 2.75) is 12.5 Å². The van der Waals surface area contributed by atoms with Crippen LogP contribution in [0.5, 0.6) is 0 Å². The van der Waals surface area contributed by atoms with Crippen molar-refractivity contribution in [3.05, 3.63) is 65.7 Å². The third kappa shape index (κ3) is 6.12. The van der Waals surface area contributed by atoms with E-state index in [9.17, 15) is 14.4 Å². The third-order valence-corrected chi connectivity index (χ3v) is 4.06. The van der Waals surface area contributed by atoms with E-state index in [1.54, 1.807) is 24.3 Å². The lowest BCUT2D eigenvalue weighted by molar-refractivity contribution is -0.145. The van der Waals surface area contributed by atoms with Crippen LogP contribution in [0.4, 0.5) is 5.69 Å². The van der Waals surface area contributed by atoms with Gasteiger partial charge in [0.25, 0.3) is 5.91 Å². The average molecular weight is 384 g/mol. The van der Waals surface area contributed by atoms with Crippen LogP contribution in [0.25, 0.3) is 0 Å². The van der Waals surface area contributed by atoms with E-state index in [4.69, 9.17) is 9.47 Å². The van der Waals surface area contributed by atoms with Crippen molar-refractivity contribution in [3.8, 4) is 0 Å². The van der Waals surface area contributed by atoms with Crippen molar-refractivity contribution in [1.82, 2.24) is 5.32 Å². The van der Waals surface area contributed by atoms with E-state index in [1.165, 1.54) is 7.11 Å². The van der Waals surface area contributed by atoms with Crippen LogP contribution in [0, 0.1) is 0 Å². The summed E-state index contributed by atoms with van der Waals surface area (Å²) in [7, 11) is 5.04. The number of carbonyl (C=O) groups is 3. The summed E-state index contributed by atoms with van der Waals surface area (Å²) in [6, 6.07) is 15.2. The summed E-state index contributed by atoms with van der Waals surface area (Å²) in [6.45, 7) is -0.490. The Kier molecular flexibility index (Phi) is 7.56. The van der Waals surface area contributed by atoms with Gasteiger partial charge in [0.15, 0.2) is 6.61 Å². The molecule has 7 heteroatoms. The minimum atomic E-state index is -0.863. The molecule has 0 aliphatic rings. The smallest absolute Gasteiger partial charge is 0.338 e. The van der Waals surface area contributed by atoms with Crippen LogP contribution in [-0.4, -0.2) is 51.7 Å². The van der Waals surface area contributed by atoms with Gasteiger partial charge in [0.2, 0.25) is 0 Å². The van der Waals surface area contributed by atoms with Crippen LogP contribution >= 0.6 is 0 Å². The number of hydrogen-bond donors (Lipinski definition) is 1. The lowest BCUT2D eigenvalue weighted by atomic mass is 10.1. The normalized spacial score (nSPS) is 11.2. The number of methoxy groups -OCH3 is 1. The van der Waals surface area contributed by atoms with Crippen LogP contribution in [-0.2, 0) is 25.5 Å². The van der Waals surface area contributed by atoms with Crippen molar-refractivity contribution >= 4 is 23.5 Å². The Hall–Kier alpha value is -3.35. The molecule has 0 aromatic heterocycles. The van der Waals surface area contributed by atoms with Gasteiger partial charge in [-0.15, -0.1) is 0 Å². The van der Waals surface area contributed by atoms with E-state index in [0.717, 1.165) is 11.3 Å². The number of ether oxygens (including phenoxy) is 2. The summed E-state index contributed by atoms with van der Waals surface area (Å²) in [5, 5.41) is 2.55. The maximum Gasteiger partial charge on any atom is 0.338 e. The lowest BCUT2D eigenvalue weighted by Crippen LogP contribution is -2.44. The Morgan fingerprint density at radius 2 is 1.64 bits per heavy atom.